The lowest BCUT2D eigenvalue weighted by atomic mass is 9.66. The smallest absolute Gasteiger partial charge is 0.236 e. The number of hydrogen-bond acceptors (Lipinski definition) is 3. The molecular weight excluding hydrogens is 228 g/mol. The van der Waals surface area contributed by atoms with Crippen molar-refractivity contribution in [3.8, 4) is 0 Å². The van der Waals surface area contributed by atoms with Crippen LogP contribution >= 0.6 is 12.4 Å². The maximum atomic E-state index is 11.3. The molecular formula is C11H23ClN2O2. The molecule has 1 aliphatic rings. The van der Waals surface area contributed by atoms with E-state index >= 15 is 0 Å². The first kappa shape index (κ1) is 15.7. The molecule has 0 spiro atoms. The summed E-state index contributed by atoms with van der Waals surface area (Å²) in [4.78, 5) is 11.3. The van der Waals surface area contributed by atoms with Crippen molar-refractivity contribution in [3.05, 3.63) is 0 Å². The molecule has 0 aromatic rings. The summed E-state index contributed by atoms with van der Waals surface area (Å²) in [5, 5.41) is 2.91. The first-order chi connectivity index (χ1) is 7.09. The monoisotopic (exact) mass is 250 g/mol. The van der Waals surface area contributed by atoms with Crippen LogP contribution in [0.25, 0.3) is 0 Å². The molecule has 1 saturated carbocycles. The van der Waals surface area contributed by atoms with E-state index in [1.165, 1.54) is 19.3 Å². The highest BCUT2D eigenvalue weighted by Gasteiger charge is 2.36. The Morgan fingerprint density at radius 3 is 2.56 bits per heavy atom. The number of halogens is 1. The van der Waals surface area contributed by atoms with Crippen molar-refractivity contribution in [1.82, 2.24) is 5.32 Å². The third-order valence-electron chi connectivity index (χ3n) is 3.30. The Kier molecular flexibility index (Phi) is 6.95. The second-order valence-electron chi connectivity index (χ2n) is 4.60. The summed E-state index contributed by atoms with van der Waals surface area (Å²) in [6.07, 6.45) is 4.67. The van der Waals surface area contributed by atoms with Gasteiger partial charge in [-0.05, 0) is 31.6 Å². The van der Waals surface area contributed by atoms with Gasteiger partial charge >= 0.3 is 0 Å². The Labute approximate surface area is 104 Å². The van der Waals surface area contributed by atoms with Crippen LogP contribution in [0.15, 0.2) is 0 Å². The second-order valence-corrected chi connectivity index (χ2v) is 4.60. The summed E-state index contributed by atoms with van der Waals surface area (Å²) in [5.41, 5.74) is 5.77. The predicted molar refractivity (Wildman–Crippen MR) is 66.7 cm³/mol. The standard InChI is InChI=1S/C11H22N2O2.ClH/c1-9(12)10(14)13-8-11(4-3-5-11)6-7-15-2;/h9H,3-8,12H2,1-2H3,(H,13,14);1H/t9-;/m0./s1. The molecule has 1 fully saturated rings. The number of carbonyl (C=O) groups excluding carboxylic acids is 1. The Balaban J connectivity index is 0.00000225. The molecule has 0 aromatic heterocycles. The zero-order valence-electron chi connectivity index (χ0n) is 10.1. The van der Waals surface area contributed by atoms with Crippen LogP contribution in [-0.2, 0) is 9.53 Å². The van der Waals surface area contributed by atoms with Gasteiger partial charge in [-0.1, -0.05) is 6.42 Å². The van der Waals surface area contributed by atoms with Crippen LogP contribution in [0, 0.1) is 5.41 Å². The highest BCUT2D eigenvalue weighted by atomic mass is 35.5. The predicted octanol–water partition coefficient (Wildman–Crippen LogP) is 1.08. The van der Waals surface area contributed by atoms with E-state index in [4.69, 9.17) is 10.5 Å². The van der Waals surface area contributed by atoms with E-state index in [0.29, 0.717) is 0 Å². The molecule has 0 bridgehead atoms. The lowest BCUT2D eigenvalue weighted by Crippen LogP contribution is -2.47. The molecule has 0 heterocycles. The van der Waals surface area contributed by atoms with E-state index in [0.717, 1.165) is 19.6 Å². The van der Waals surface area contributed by atoms with E-state index in [-0.39, 0.29) is 23.7 Å². The summed E-state index contributed by atoms with van der Waals surface area (Å²) < 4.78 is 5.09. The minimum absolute atomic E-state index is 0. The third-order valence-corrected chi connectivity index (χ3v) is 3.30. The van der Waals surface area contributed by atoms with Gasteiger partial charge in [0.25, 0.3) is 0 Å². The van der Waals surface area contributed by atoms with Gasteiger partial charge in [0, 0.05) is 20.3 Å². The van der Waals surface area contributed by atoms with E-state index in [1.807, 2.05) is 0 Å². The van der Waals surface area contributed by atoms with E-state index in [2.05, 4.69) is 5.32 Å². The number of nitrogens with one attached hydrogen (secondary N) is 1. The van der Waals surface area contributed by atoms with Crippen LogP contribution in [-0.4, -0.2) is 32.2 Å². The van der Waals surface area contributed by atoms with Gasteiger partial charge in [-0.15, -0.1) is 12.4 Å². The van der Waals surface area contributed by atoms with Gasteiger partial charge in [-0.3, -0.25) is 4.79 Å². The molecule has 0 saturated heterocycles. The van der Waals surface area contributed by atoms with Gasteiger partial charge in [-0.25, -0.2) is 0 Å². The fourth-order valence-electron chi connectivity index (χ4n) is 1.95. The molecule has 0 aromatic carbocycles. The van der Waals surface area contributed by atoms with Gasteiger partial charge in [0.05, 0.1) is 6.04 Å². The number of rotatable bonds is 6. The molecule has 1 aliphatic carbocycles. The number of ether oxygens (including phenoxy) is 1. The molecule has 4 nitrogen and oxygen atoms in total. The second kappa shape index (κ2) is 7.09. The Bertz CT molecular complexity index is 218. The number of hydrogen-bond donors (Lipinski definition) is 2. The van der Waals surface area contributed by atoms with Gasteiger partial charge in [0.15, 0.2) is 0 Å². The lowest BCUT2D eigenvalue weighted by Gasteiger charge is -2.42. The van der Waals surface area contributed by atoms with Gasteiger partial charge in [0.1, 0.15) is 0 Å². The SMILES string of the molecule is COCCC1(CNC(=O)[C@H](C)N)CCC1.Cl. The summed E-state index contributed by atoms with van der Waals surface area (Å²) in [7, 11) is 1.72. The Hall–Kier alpha value is -0.320. The van der Waals surface area contributed by atoms with E-state index in [1.54, 1.807) is 14.0 Å². The largest absolute Gasteiger partial charge is 0.385 e. The normalized spacial score (nSPS) is 19.2. The number of nitrogens with two attached hydrogens (primary N) is 1. The van der Waals surface area contributed by atoms with Gasteiger partial charge in [0.2, 0.25) is 5.91 Å². The zero-order chi connectivity index (χ0) is 11.3. The first-order valence-corrected chi connectivity index (χ1v) is 5.62. The van der Waals surface area contributed by atoms with Crippen LogP contribution in [0.2, 0.25) is 0 Å². The summed E-state index contributed by atoms with van der Waals surface area (Å²) in [6, 6.07) is -0.412. The average molecular weight is 251 g/mol. The van der Waals surface area contributed by atoms with Crippen molar-refractivity contribution in [1.29, 1.82) is 0 Å². The highest BCUT2D eigenvalue weighted by Crippen LogP contribution is 2.43. The number of amides is 1. The maximum Gasteiger partial charge on any atom is 0.236 e. The van der Waals surface area contributed by atoms with Crippen LogP contribution in [0.5, 0.6) is 0 Å². The van der Waals surface area contributed by atoms with Gasteiger partial charge < -0.3 is 15.8 Å². The first-order valence-electron chi connectivity index (χ1n) is 5.62. The van der Waals surface area contributed by atoms with Crippen molar-refractivity contribution in [2.75, 3.05) is 20.3 Å². The van der Waals surface area contributed by atoms with E-state index < -0.39 is 6.04 Å². The van der Waals surface area contributed by atoms with Crippen LogP contribution in [0.4, 0.5) is 0 Å². The van der Waals surface area contributed by atoms with Gasteiger partial charge in [-0.2, -0.15) is 0 Å². The fourth-order valence-corrected chi connectivity index (χ4v) is 1.95. The molecule has 16 heavy (non-hydrogen) atoms. The molecule has 1 atom stereocenters. The van der Waals surface area contributed by atoms with Crippen LogP contribution < -0.4 is 11.1 Å². The van der Waals surface area contributed by atoms with Crippen molar-refractivity contribution >= 4 is 18.3 Å². The quantitative estimate of drug-likeness (QED) is 0.742. The van der Waals surface area contributed by atoms with Crippen LogP contribution in [0.1, 0.15) is 32.6 Å². The molecule has 5 heteroatoms. The van der Waals surface area contributed by atoms with Crippen LogP contribution in [0.3, 0.4) is 0 Å². The zero-order valence-corrected chi connectivity index (χ0v) is 10.9. The summed E-state index contributed by atoms with van der Waals surface area (Å²) in [6.45, 7) is 3.22. The minimum atomic E-state index is -0.412. The van der Waals surface area contributed by atoms with Crippen molar-refractivity contribution in [3.63, 3.8) is 0 Å². The molecule has 0 aliphatic heterocycles. The Morgan fingerprint density at radius 1 is 1.56 bits per heavy atom. The van der Waals surface area contributed by atoms with Crippen molar-refractivity contribution < 1.29 is 9.53 Å². The topological polar surface area (TPSA) is 64.3 Å². The molecule has 1 amide bonds. The Morgan fingerprint density at radius 2 is 2.19 bits per heavy atom. The maximum absolute atomic E-state index is 11.3. The molecule has 0 radical (unpaired) electrons. The number of methoxy groups -OCH3 is 1. The minimum Gasteiger partial charge on any atom is -0.385 e. The molecule has 1 rings (SSSR count). The average Bonchev–Trinajstić information content (AvgIpc) is 2.15. The van der Waals surface area contributed by atoms with E-state index in [9.17, 15) is 4.79 Å². The molecule has 0 unspecified atom stereocenters. The van der Waals surface area contributed by atoms with Crippen molar-refractivity contribution in [2.45, 2.75) is 38.6 Å². The highest BCUT2D eigenvalue weighted by molar-refractivity contribution is 5.85. The summed E-state index contributed by atoms with van der Waals surface area (Å²) >= 11 is 0. The number of carbonyl (C=O) groups is 1. The summed E-state index contributed by atoms with van der Waals surface area (Å²) in [5.74, 6) is -0.0568. The third kappa shape index (κ3) is 4.28. The molecule has 3 N–H and O–H groups in total. The fraction of sp³-hybridized carbons (Fsp3) is 0.909. The lowest BCUT2D eigenvalue weighted by molar-refractivity contribution is -0.123. The van der Waals surface area contributed by atoms with Crippen molar-refractivity contribution in [2.24, 2.45) is 11.1 Å². The molecule has 96 valence electrons.